The first-order chi connectivity index (χ1) is 17.1. The van der Waals surface area contributed by atoms with Crippen molar-refractivity contribution < 1.29 is 4.79 Å². The smallest absolute Gasteiger partial charge is 0.193 e. The van der Waals surface area contributed by atoms with Crippen LogP contribution < -0.4 is 0 Å². The molecule has 3 heterocycles. The summed E-state index contributed by atoms with van der Waals surface area (Å²) in [6.07, 6.45) is 8.45. The number of rotatable bonds is 4. The second kappa shape index (κ2) is 8.41. The largest absolute Gasteiger partial charge is 0.350 e. The molecule has 1 aliphatic rings. The van der Waals surface area contributed by atoms with E-state index in [0.29, 0.717) is 5.57 Å². The van der Waals surface area contributed by atoms with Crippen LogP contribution in [0.5, 0.6) is 0 Å². The minimum absolute atomic E-state index is 0.0463. The molecule has 6 rings (SSSR count). The van der Waals surface area contributed by atoms with E-state index in [1.54, 1.807) is 0 Å². The Morgan fingerprint density at radius 2 is 1.49 bits per heavy atom. The molecule has 4 nitrogen and oxygen atoms in total. The standard InChI is InChI=1S/C31H25N3O/c1-21-26(31(35)30(32-21)22-11-5-3-6-12-22)17-23-18-34(24-13-7-4-8-14-24)20-27(23)28-19-33(2)29-16-10-9-15-25(28)29/h3-20,30H,1-2H3/b26-17+. The number of benzene rings is 3. The molecule has 4 heteroatoms. The molecule has 0 aliphatic carbocycles. The van der Waals surface area contributed by atoms with E-state index < -0.39 is 6.04 Å². The molecular formula is C31H25N3O. The molecule has 0 fully saturated rings. The van der Waals surface area contributed by atoms with Crippen LogP contribution in [0.2, 0.25) is 0 Å². The van der Waals surface area contributed by atoms with E-state index in [0.717, 1.165) is 33.7 Å². The lowest BCUT2D eigenvalue weighted by molar-refractivity contribution is -0.115. The number of fused-ring (bicyclic) bond motifs is 1. The van der Waals surface area contributed by atoms with Crippen LogP contribution >= 0.6 is 0 Å². The van der Waals surface area contributed by atoms with Crippen LogP contribution in [0.25, 0.3) is 33.8 Å². The number of para-hydroxylation sites is 2. The van der Waals surface area contributed by atoms with Gasteiger partial charge in [0, 0.05) is 70.2 Å². The van der Waals surface area contributed by atoms with Gasteiger partial charge in [-0.25, -0.2) is 0 Å². The Morgan fingerprint density at radius 3 is 2.26 bits per heavy atom. The number of carbonyl (C=O) groups is 1. The van der Waals surface area contributed by atoms with Gasteiger partial charge < -0.3 is 9.13 Å². The van der Waals surface area contributed by atoms with Crippen molar-refractivity contribution in [1.82, 2.24) is 9.13 Å². The molecule has 0 amide bonds. The maximum atomic E-state index is 13.5. The summed E-state index contributed by atoms with van der Waals surface area (Å²) >= 11 is 0. The van der Waals surface area contributed by atoms with Crippen molar-refractivity contribution in [1.29, 1.82) is 0 Å². The number of ketones is 1. The van der Waals surface area contributed by atoms with Gasteiger partial charge in [-0.05, 0) is 36.8 Å². The maximum absolute atomic E-state index is 13.5. The fourth-order valence-corrected chi connectivity index (χ4v) is 4.96. The van der Waals surface area contributed by atoms with Gasteiger partial charge in [-0.1, -0.05) is 66.7 Å². The van der Waals surface area contributed by atoms with E-state index in [-0.39, 0.29) is 5.78 Å². The fraction of sp³-hybridized carbons (Fsp3) is 0.0968. The summed E-state index contributed by atoms with van der Waals surface area (Å²) < 4.78 is 4.28. The Morgan fingerprint density at radius 1 is 0.800 bits per heavy atom. The van der Waals surface area contributed by atoms with E-state index in [1.165, 1.54) is 10.9 Å². The SMILES string of the molecule is CC1=NC(c2ccccc2)C(=O)/C1=C/c1cn(-c2ccccc2)cc1-c1cn(C)c2ccccc12. The van der Waals surface area contributed by atoms with Crippen LogP contribution in [0.15, 0.2) is 114 Å². The van der Waals surface area contributed by atoms with Crippen molar-refractivity contribution in [2.75, 3.05) is 0 Å². The summed E-state index contributed by atoms with van der Waals surface area (Å²) in [6, 6.07) is 28.0. The number of aliphatic imine (C=N–C) groups is 1. The minimum atomic E-state index is -0.473. The molecule has 0 N–H and O–H groups in total. The molecule has 1 unspecified atom stereocenters. The topological polar surface area (TPSA) is 39.3 Å². The summed E-state index contributed by atoms with van der Waals surface area (Å²) in [5.41, 5.74) is 7.85. The molecular weight excluding hydrogens is 430 g/mol. The summed E-state index contributed by atoms with van der Waals surface area (Å²) in [5.74, 6) is 0.0463. The van der Waals surface area contributed by atoms with E-state index in [2.05, 4.69) is 71.2 Å². The molecule has 1 atom stereocenters. The van der Waals surface area contributed by atoms with Crippen molar-refractivity contribution in [3.8, 4) is 16.8 Å². The van der Waals surface area contributed by atoms with Gasteiger partial charge in [-0.3, -0.25) is 9.79 Å². The van der Waals surface area contributed by atoms with Crippen LogP contribution in [0, 0.1) is 0 Å². The van der Waals surface area contributed by atoms with Gasteiger partial charge in [-0.15, -0.1) is 0 Å². The van der Waals surface area contributed by atoms with Gasteiger partial charge in [0.2, 0.25) is 0 Å². The van der Waals surface area contributed by atoms with E-state index in [4.69, 9.17) is 4.99 Å². The van der Waals surface area contributed by atoms with Crippen LogP contribution in [-0.4, -0.2) is 20.6 Å². The molecule has 0 saturated carbocycles. The zero-order chi connectivity index (χ0) is 23.9. The van der Waals surface area contributed by atoms with Gasteiger partial charge in [0.05, 0.1) is 0 Å². The monoisotopic (exact) mass is 455 g/mol. The van der Waals surface area contributed by atoms with Crippen LogP contribution in [0.1, 0.15) is 24.1 Å². The van der Waals surface area contributed by atoms with E-state index in [9.17, 15) is 4.79 Å². The fourth-order valence-electron chi connectivity index (χ4n) is 4.96. The lowest BCUT2D eigenvalue weighted by Crippen LogP contribution is -2.08. The van der Waals surface area contributed by atoms with Crippen LogP contribution in [0.4, 0.5) is 0 Å². The van der Waals surface area contributed by atoms with Crippen LogP contribution in [0.3, 0.4) is 0 Å². The zero-order valence-electron chi connectivity index (χ0n) is 19.7. The van der Waals surface area contributed by atoms with Gasteiger partial charge in [0.15, 0.2) is 5.78 Å². The highest BCUT2D eigenvalue weighted by Crippen LogP contribution is 2.37. The first kappa shape index (κ1) is 21.1. The van der Waals surface area contributed by atoms with Crippen LogP contribution in [-0.2, 0) is 11.8 Å². The second-order valence-corrected chi connectivity index (χ2v) is 8.99. The predicted octanol–water partition coefficient (Wildman–Crippen LogP) is 6.80. The molecule has 0 radical (unpaired) electrons. The Kier molecular flexibility index (Phi) is 5.07. The molecule has 0 spiro atoms. The summed E-state index contributed by atoms with van der Waals surface area (Å²) in [6.45, 7) is 1.93. The van der Waals surface area contributed by atoms with Crippen molar-refractivity contribution in [2.24, 2.45) is 12.0 Å². The molecule has 0 saturated heterocycles. The average Bonchev–Trinajstić information content (AvgIpc) is 3.55. The third-order valence-corrected chi connectivity index (χ3v) is 6.74. The Bertz CT molecular complexity index is 1620. The highest BCUT2D eigenvalue weighted by molar-refractivity contribution is 6.30. The Labute approximate surface area is 204 Å². The molecule has 2 aromatic heterocycles. The molecule has 35 heavy (non-hydrogen) atoms. The third kappa shape index (κ3) is 3.64. The van der Waals surface area contributed by atoms with Gasteiger partial charge in [0.25, 0.3) is 0 Å². The number of hydrogen-bond donors (Lipinski definition) is 0. The summed E-state index contributed by atoms with van der Waals surface area (Å²) in [4.78, 5) is 18.2. The van der Waals surface area contributed by atoms with Crippen molar-refractivity contribution in [3.63, 3.8) is 0 Å². The maximum Gasteiger partial charge on any atom is 0.193 e. The normalized spacial score (nSPS) is 16.9. The van der Waals surface area contributed by atoms with E-state index in [1.807, 2.05) is 61.5 Å². The molecule has 3 aromatic carbocycles. The Hall–Kier alpha value is -4.44. The second-order valence-electron chi connectivity index (χ2n) is 8.99. The van der Waals surface area contributed by atoms with Crippen molar-refractivity contribution in [3.05, 3.63) is 120 Å². The quantitative estimate of drug-likeness (QED) is 0.275. The number of nitrogens with zero attached hydrogens (tertiary/aromatic N) is 3. The van der Waals surface area contributed by atoms with Gasteiger partial charge in [-0.2, -0.15) is 0 Å². The molecule has 1 aliphatic heterocycles. The van der Waals surface area contributed by atoms with Crippen molar-refractivity contribution in [2.45, 2.75) is 13.0 Å². The molecule has 5 aromatic rings. The molecule has 170 valence electrons. The van der Waals surface area contributed by atoms with Crippen molar-refractivity contribution >= 4 is 28.5 Å². The summed E-state index contributed by atoms with van der Waals surface area (Å²) in [5, 5.41) is 1.19. The first-order valence-corrected chi connectivity index (χ1v) is 11.8. The molecule has 0 bridgehead atoms. The predicted molar refractivity (Wildman–Crippen MR) is 143 cm³/mol. The highest BCUT2D eigenvalue weighted by atomic mass is 16.1. The minimum Gasteiger partial charge on any atom is -0.350 e. The number of aryl methyl sites for hydroxylation is 1. The number of hydrogen-bond acceptors (Lipinski definition) is 2. The third-order valence-electron chi connectivity index (χ3n) is 6.74. The van der Waals surface area contributed by atoms with Gasteiger partial charge in [0.1, 0.15) is 6.04 Å². The van der Waals surface area contributed by atoms with E-state index >= 15 is 0 Å². The lowest BCUT2D eigenvalue weighted by Gasteiger charge is -2.05. The van der Waals surface area contributed by atoms with Gasteiger partial charge >= 0.3 is 0 Å². The number of carbonyl (C=O) groups excluding carboxylic acids is 1. The Balaban J connectivity index is 1.51. The average molecular weight is 456 g/mol. The highest BCUT2D eigenvalue weighted by Gasteiger charge is 2.31. The number of Topliss-reactive ketones (excluding diaryl/α,β-unsaturated/α-hetero) is 1. The number of aromatic nitrogens is 2. The lowest BCUT2D eigenvalue weighted by atomic mass is 9.96. The zero-order valence-corrected chi connectivity index (χ0v) is 19.7. The first-order valence-electron chi connectivity index (χ1n) is 11.8. The summed E-state index contributed by atoms with van der Waals surface area (Å²) in [7, 11) is 2.07.